The fourth-order valence-corrected chi connectivity index (χ4v) is 1.46. The van der Waals surface area contributed by atoms with Gasteiger partial charge in [0.25, 0.3) is 0 Å². The molecule has 0 amide bonds. The third-order valence-electron chi connectivity index (χ3n) is 1.19. The number of rotatable bonds is 3. The van der Waals surface area contributed by atoms with Crippen LogP contribution in [0.25, 0.3) is 0 Å². The van der Waals surface area contributed by atoms with Gasteiger partial charge in [0.05, 0.1) is 16.9 Å². The smallest absolute Gasteiger partial charge is 0.129 e. The number of nitrogens with zero attached hydrogens (tertiary/aromatic N) is 1. The maximum atomic E-state index is 12.4. The predicted molar refractivity (Wildman–Crippen MR) is 40.0 cm³/mol. The lowest BCUT2D eigenvalue weighted by Crippen LogP contribution is -2.07. The van der Waals surface area contributed by atoms with Crippen molar-refractivity contribution in [3.05, 3.63) is 0 Å². The Hall–Kier alpha value is -0.300. The minimum atomic E-state index is -3.64. The molecule has 0 saturated heterocycles. The summed E-state index contributed by atoms with van der Waals surface area (Å²) in [7, 11) is -3.64. The van der Waals surface area contributed by atoms with Gasteiger partial charge in [0.1, 0.15) is 5.25 Å². The van der Waals surface area contributed by atoms with Gasteiger partial charge in [0.15, 0.2) is 0 Å². The van der Waals surface area contributed by atoms with Crippen LogP contribution in [0.4, 0.5) is 7.77 Å². The van der Waals surface area contributed by atoms with Crippen molar-refractivity contribution in [2.75, 3.05) is 6.26 Å². The highest BCUT2D eigenvalue weighted by molar-refractivity contribution is 8.25. The normalized spacial score (nSPS) is 15.9. The van der Waals surface area contributed by atoms with Crippen LogP contribution in [-0.2, 0) is 0 Å². The molecule has 0 radical (unpaired) electrons. The zero-order chi connectivity index (χ0) is 8.20. The summed E-state index contributed by atoms with van der Waals surface area (Å²) in [6.07, 6.45) is 1.83. The van der Waals surface area contributed by atoms with Gasteiger partial charge in [-0.2, -0.15) is 13.0 Å². The molecule has 0 aliphatic carbocycles. The van der Waals surface area contributed by atoms with Gasteiger partial charge < -0.3 is 0 Å². The topological polar surface area (TPSA) is 23.8 Å². The molecule has 0 heterocycles. The number of hydrogen-bond acceptors (Lipinski definition) is 1. The van der Waals surface area contributed by atoms with E-state index in [2.05, 4.69) is 0 Å². The maximum Gasteiger partial charge on any atom is 0.129 e. The third-order valence-corrected chi connectivity index (χ3v) is 2.53. The van der Waals surface area contributed by atoms with Gasteiger partial charge in [-0.1, -0.05) is 13.3 Å². The zero-order valence-electron chi connectivity index (χ0n) is 6.10. The van der Waals surface area contributed by atoms with Crippen molar-refractivity contribution in [2.45, 2.75) is 25.0 Å². The van der Waals surface area contributed by atoms with Crippen molar-refractivity contribution < 1.29 is 7.77 Å². The van der Waals surface area contributed by atoms with E-state index in [9.17, 15) is 7.77 Å². The van der Waals surface area contributed by atoms with Crippen molar-refractivity contribution in [3.63, 3.8) is 0 Å². The van der Waals surface area contributed by atoms with Gasteiger partial charge in [-0.3, -0.25) is 0 Å². The molecule has 0 saturated carbocycles. The molecule has 0 spiro atoms. The van der Waals surface area contributed by atoms with Crippen LogP contribution in [0.2, 0.25) is 0 Å². The summed E-state index contributed by atoms with van der Waals surface area (Å²) < 4.78 is 24.9. The second kappa shape index (κ2) is 3.77. The van der Waals surface area contributed by atoms with Crippen LogP contribution in [0.3, 0.4) is 0 Å². The average molecular weight is 167 g/mol. The molecule has 4 heteroatoms. The zero-order valence-corrected chi connectivity index (χ0v) is 6.92. The number of hydrogen-bond donors (Lipinski definition) is 0. The highest BCUT2D eigenvalue weighted by Gasteiger charge is 2.27. The maximum absolute atomic E-state index is 12.4. The Labute approximate surface area is 61.9 Å². The Balaban J connectivity index is 3.98. The second-order valence-electron chi connectivity index (χ2n) is 2.19. The van der Waals surface area contributed by atoms with Crippen molar-refractivity contribution in [3.8, 4) is 6.07 Å². The minimum absolute atomic E-state index is 0.315. The predicted octanol–water partition coefficient (Wildman–Crippen LogP) is 2.88. The Morgan fingerprint density at radius 2 is 2.10 bits per heavy atom. The largest absolute Gasteiger partial charge is 0.197 e. The first-order valence-electron chi connectivity index (χ1n) is 3.08. The quantitative estimate of drug-likeness (QED) is 0.634. The van der Waals surface area contributed by atoms with Crippen LogP contribution in [0, 0.1) is 11.3 Å². The van der Waals surface area contributed by atoms with Gasteiger partial charge in [-0.05, 0) is 6.42 Å². The molecule has 0 bridgehead atoms. The molecule has 0 N–H and O–H groups in total. The van der Waals surface area contributed by atoms with Crippen LogP contribution in [0.15, 0.2) is 0 Å². The van der Waals surface area contributed by atoms with Gasteiger partial charge in [-0.25, -0.2) is 0 Å². The van der Waals surface area contributed by atoms with Gasteiger partial charge in [-0.15, -0.1) is 0 Å². The van der Waals surface area contributed by atoms with E-state index in [0.717, 1.165) is 6.26 Å². The standard InChI is InChI=1S/C6H11F2NS/c1-3-4-6(5-9)10(2,7)8/h6H,3-4H2,1-2H3. The number of nitriles is 1. The van der Waals surface area contributed by atoms with E-state index >= 15 is 0 Å². The van der Waals surface area contributed by atoms with E-state index in [4.69, 9.17) is 5.26 Å². The SMILES string of the molecule is CCCC(C#N)S(C)(F)F. The molecule has 1 unspecified atom stereocenters. The lowest BCUT2D eigenvalue weighted by Gasteiger charge is -2.19. The Kier molecular flexibility index (Phi) is 3.66. The summed E-state index contributed by atoms with van der Waals surface area (Å²) in [5.74, 6) is 0. The summed E-state index contributed by atoms with van der Waals surface area (Å²) in [4.78, 5) is 0. The molecule has 60 valence electrons. The summed E-state index contributed by atoms with van der Waals surface area (Å²) in [5.41, 5.74) is 0. The molecule has 0 aromatic heterocycles. The van der Waals surface area contributed by atoms with Crippen LogP contribution >= 0.6 is 10.8 Å². The Bertz CT molecular complexity index is 136. The second-order valence-corrected chi connectivity index (χ2v) is 4.32. The molecule has 0 aliphatic rings. The van der Waals surface area contributed by atoms with Crippen LogP contribution in [-0.4, -0.2) is 11.5 Å². The molecular weight excluding hydrogens is 156 g/mol. The molecule has 1 nitrogen and oxygen atoms in total. The first-order valence-corrected chi connectivity index (χ1v) is 4.99. The van der Waals surface area contributed by atoms with E-state index in [1.807, 2.05) is 0 Å². The Morgan fingerprint density at radius 3 is 2.20 bits per heavy atom. The lowest BCUT2D eigenvalue weighted by atomic mass is 10.3. The molecule has 0 fully saturated rings. The Morgan fingerprint density at radius 1 is 1.60 bits per heavy atom. The van der Waals surface area contributed by atoms with Crippen molar-refractivity contribution >= 4 is 10.8 Å². The molecule has 0 aromatic rings. The van der Waals surface area contributed by atoms with E-state index in [0.29, 0.717) is 12.8 Å². The molecule has 10 heavy (non-hydrogen) atoms. The highest BCUT2D eigenvalue weighted by Crippen LogP contribution is 2.53. The van der Waals surface area contributed by atoms with Crippen LogP contribution in [0.5, 0.6) is 0 Å². The molecular formula is C6H11F2NS. The molecule has 0 rings (SSSR count). The van der Waals surface area contributed by atoms with Crippen molar-refractivity contribution in [1.29, 1.82) is 5.26 Å². The van der Waals surface area contributed by atoms with Crippen LogP contribution < -0.4 is 0 Å². The van der Waals surface area contributed by atoms with E-state index in [1.54, 1.807) is 13.0 Å². The van der Waals surface area contributed by atoms with Gasteiger partial charge in [0.2, 0.25) is 0 Å². The van der Waals surface area contributed by atoms with E-state index < -0.39 is 16.0 Å². The third kappa shape index (κ3) is 3.02. The van der Waals surface area contributed by atoms with Crippen LogP contribution in [0.1, 0.15) is 19.8 Å². The van der Waals surface area contributed by atoms with Crippen molar-refractivity contribution in [1.82, 2.24) is 0 Å². The molecule has 0 aliphatic heterocycles. The summed E-state index contributed by atoms with van der Waals surface area (Å²) >= 11 is 0. The van der Waals surface area contributed by atoms with E-state index in [-0.39, 0.29) is 0 Å². The summed E-state index contributed by atoms with van der Waals surface area (Å²) in [5, 5.41) is 7.25. The molecule has 0 aromatic carbocycles. The van der Waals surface area contributed by atoms with Gasteiger partial charge in [0, 0.05) is 6.26 Å². The fraction of sp³-hybridized carbons (Fsp3) is 0.833. The van der Waals surface area contributed by atoms with Crippen molar-refractivity contribution in [2.24, 2.45) is 0 Å². The minimum Gasteiger partial charge on any atom is -0.197 e. The first-order chi connectivity index (χ1) is 4.52. The summed E-state index contributed by atoms with van der Waals surface area (Å²) in [6.45, 7) is 1.80. The van der Waals surface area contributed by atoms with Gasteiger partial charge >= 0.3 is 0 Å². The first kappa shape index (κ1) is 9.70. The average Bonchev–Trinajstić information content (AvgIpc) is 1.80. The number of halogens is 2. The monoisotopic (exact) mass is 167 g/mol. The fourth-order valence-electron chi connectivity index (χ4n) is 0.626. The lowest BCUT2D eigenvalue weighted by molar-refractivity contribution is 0.703. The summed E-state index contributed by atoms with van der Waals surface area (Å²) in [6, 6.07) is 1.63. The molecule has 1 atom stereocenters. The van der Waals surface area contributed by atoms with E-state index in [1.165, 1.54) is 0 Å². The highest BCUT2D eigenvalue weighted by atomic mass is 32.3.